The molecule has 0 atom stereocenters. The van der Waals surface area contributed by atoms with Crippen molar-refractivity contribution < 1.29 is 4.43 Å². The summed E-state index contributed by atoms with van der Waals surface area (Å²) in [6.45, 7) is 10.4. The van der Waals surface area contributed by atoms with Gasteiger partial charge in [0.25, 0.3) is 0 Å². The Hall–Kier alpha value is 0.177. The topological polar surface area (TPSA) is 9.23 Å². The Bertz CT molecular complexity index is 252. The molecule has 0 aliphatic heterocycles. The summed E-state index contributed by atoms with van der Waals surface area (Å²) in [7, 11) is -1.37. The van der Waals surface area contributed by atoms with Crippen LogP contribution in [0.5, 0.6) is 0 Å². The van der Waals surface area contributed by atoms with E-state index < -0.39 is 8.32 Å². The highest BCUT2D eigenvalue weighted by Gasteiger charge is 2.21. The minimum atomic E-state index is -1.37. The van der Waals surface area contributed by atoms with Crippen LogP contribution in [0.25, 0.3) is 0 Å². The van der Waals surface area contributed by atoms with Gasteiger partial charge in [0.1, 0.15) is 0 Å². The van der Waals surface area contributed by atoms with Crippen LogP contribution in [0.4, 0.5) is 0 Å². The fourth-order valence-electron chi connectivity index (χ4n) is 3.52. The summed E-state index contributed by atoms with van der Waals surface area (Å²) in [5.74, 6) is 0. The zero-order valence-electron chi connectivity index (χ0n) is 18.3. The van der Waals surface area contributed by atoms with Crippen LogP contribution in [-0.2, 0) is 4.43 Å². The summed E-state index contributed by atoms with van der Waals surface area (Å²) in [6, 6.07) is 1.36. The zero-order chi connectivity index (χ0) is 18.6. The lowest BCUT2D eigenvalue weighted by atomic mass is 10.1. The van der Waals surface area contributed by atoms with Crippen molar-refractivity contribution in [1.29, 1.82) is 0 Å². The van der Waals surface area contributed by atoms with Crippen LogP contribution in [0.2, 0.25) is 19.1 Å². The Morgan fingerprint density at radius 3 is 1.28 bits per heavy atom. The molecular formula is C23H50OSi. The molecule has 0 spiro atoms. The molecule has 0 aliphatic carbocycles. The van der Waals surface area contributed by atoms with Gasteiger partial charge in [-0.15, -0.1) is 0 Å². The Labute approximate surface area is 161 Å². The van der Waals surface area contributed by atoms with E-state index >= 15 is 0 Å². The van der Waals surface area contributed by atoms with Crippen LogP contribution in [0.15, 0.2) is 0 Å². The Morgan fingerprint density at radius 2 is 0.840 bits per heavy atom. The number of unbranched alkanes of at least 4 members (excludes halogenated alkanes) is 15. The quantitative estimate of drug-likeness (QED) is 0.153. The van der Waals surface area contributed by atoms with Crippen molar-refractivity contribution in [3.8, 4) is 0 Å². The van der Waals surface area contributed by atoms with E-state index in [1.807, 2.05) is 0 Å². The van der Waals surface area contributed by atoms with Crippen LogP contribution < -0.4 is 0 Å². The van der Waals surface area contributed by atoms with Crippen molar-refractivity contribution in [1.82, 2.24) is 0 Å². The first-order valence-corrected chi connectivity index (χ1v) is 14.9. The minimum Gasteiger partial charge on any atom is -0.417 e. The van der Waals surface area contributed by atoms with Gasteiger partial charge in [-0.2, -0.15) is 0 Å². The van der Waals surface area contributed by atoms with Gasteiger partial charge in [0, 0.05) is 6.61 Å². The van der Waals surface area contributed by atoms with Gasteiger partial charge in [0.15, 0.2) is 8.32 Å². The predicted octanol–water partition coefficient (Wildman–Crippen LogP) is 8.88. The summed E-state index contributed by atoms with van der Waals surface area (Å²) in [4.78, 5) is 0. The molecule has 152 valence electrons. The first kappa shape index (κ1) is 25.2. The first-order chi connectivity index (χ1) is 12.1. The summed E-state index contributed by atoms with van der Waals surface area (Å²) < 4.78 is 6.28. The van der Waals surface area contributed by atoms with E-state index in [9.17, 15) is 0 Å². The van der Waals surface area contributed by atoms with E-state index in [4.69, 9.17) is 4.43 Å². The average Bonchev–Trinajstić information content (AvgIpc) is 2.59. The van der Waals surface area contributed by atoms with Gasteiger partial charge < -0.3 is 4.43 Å². The maximum Gasteiger partial charge on any atom is 0.186 e. The fraction of sp³-hybridized carbons (Fsp3) is 1.00. The highest BCUT2D eigenvalue weighted by atomic mass is 28.4. The van der Waals surface area contributed by atoms with Crippen molar-refractivity contribution in [2.24, 2.45) is 0 Å². The summed E-state index contributed by atoms with van der Waals surface area (Å²) in [5.41, 5.74) is 0. The largest absolute Gasteiger partial charge is 0.417 e. The van der Waals surface area contributed by atoms with Gasteiger partial charge in [-0.25, -0.2) is 0 Å². The molecule has 0 radical (unpaired) electrons. The second-order valence-electron chi connectivity index (χ2n) is 8.66. The molecule has 0 heterocycles. The molecule has 0 saturated heterocycles. The summed E-state index contributed by atoms with van der Waals surface area (Å²) >= 11 is 0. The second-order valence-corrected chi connectivity index (χ2v) is 13.0. The van der Waals surface area contributed by atoms with Crippen LogP contribution >= 0.6 is 0 Å². The molecular weight excluding hydrogens is 320 g/mol. The molecule has 2 heteroatoms. The van der Waals surface area contributed by atoms with Gasteiger partial charge in [0.2, 0.25) is 0 Å². The predicted molar refractivity (Wildman–Crippen MR) is 118 cm³/mol. The van der Waals surface area contributed by atoms with Crippen molar-refractivity contribution in [3.63, 3.8) is 0 Å². The number of rotatable bonds is 20. The van der Waals surface area contributed by atoms with E-state index in [0.29, 0.717) is 0 Å². The summed E-state index contributed by atoms with van der Waals surface area (Å²) in [5, 5.41) is 0. The number of hydrogen-bond acceptors (Lipinski definition) is 1. The van der Waals surface area contributed by atoms with E-state index in [2.05, 4.69) is 26.9 Å². The maximum atomic E-state index is 6.28. The lowest BCUT2D eigenvalue weighted by molar-refractivity contribution is 0.292. The number of hydrogen-bond donors (Lipinski definition) is 0. The van der Waals surface area contributed by atoms with E-state index in [-0.39, 0.29) is 0 Å². The highest BCUT2D eigenvalue weighted by molar-refractivity contribution is 6.71. The van der Waals surface area contributed by atoms with Crippen LogP contribution in [-0.4, -0.2) is 14.9 Å². The molecule has 0 aromatic carbocycles. The normalized spacial score (nSPS) is 12.0. The third kappa shape index (κ3) is 20.3. The third-order valence-corrected chi connectivity index (χ3v) is 7.92. The average molecular weight is 371 g/mol. The Kier molecular flexibility index (Phi) is 19.1. The van der Waals surface area contributed by atoms with Gasteiger partial charge in [-0.1, -0.05) is 117 Å². The van der Waals surface area contributed by atoms with Crippen molar-refractivity contribution in [2.45, 2.75) is 142 Å². The van der Waals surface area contributed by atoms with E-state index in [0.717, 1.165) is 6.61 Å². The van der Waals surface area contributed by atoms with Crippen LogP contribution in [0.3, 0.4) is 0 Å². The SMILES string of the molecule is CCCCCCCCCCCCCO[Si](C)(C)CCCCCCCC. The van der Waals surface area contributed by atoms with Crippen molar-refractivity contribution >= 4 is 8.32 Å². The van der Waals surface area contributed by atoms with Crippen LogP contribution in [0.1, 0.15) is 123 Å². The molecule has 0 bridgehead atoms. The Morgan fingerprint density at radius 1 is 0.480 bits per heavy atom. The van der Waals surface area contributed by atoms with Gasteiger partial charge >= 0.3 is 0 Å². The lowest BCUT2D eigenvalue weighted by Gasteiger charge is -2.22. The lowest BCUT2D eigenvalue weighted by Crippen LogP contribution is -2.30. The molecule has 0 unspecified atom stereocenters. The molecule has 1 nitrogen and oxygen atoms in total. The minimum absolute atomic E-state index is 1.02. The summed E-state index contributed by atoms with van der Waals surface area (Å²) in [6.07, 6.45) is 24.0. The first-order valence-electron chi connectivity index (χ1n) is 11.8. The molecule has 0 saturated carbocycles. The smallest absolute Gasteiger partial charge is 0.186 e. The molecule has 0 amide bonds. The molecule has 0 aromatic rings. The van der Waals surface area contributed by atoms with Crippen molar-refractivity contribution in [2.75, 3.05) is 6.61 Å². The van der Waals surface area contributed by atoms with E-state index in [1.165, 1.54) is 115 Å². The monoisotopic (exact) mass is 370 g/mol. The van der Waals surface area contributed by atoms with E-state index in [1.54, 1.807) is 0 Å². The van der Waals surface area contributed by atoms with Gasteiger partial charge in [0.05, 0.1) is 0 Å². The molecule has 0 rings (SSSR count). The second kappa shape index (κ2) is 19.0. The van der Waals surface area contributed by atoms with Crippen LogP contribution in [0, 0.1) is 0 Å². The standard InChI is InChI=1S/C23H50OSi/c1-5-7-9-11-13-14-15-16-17-18-20-22-24-25(3,4)23-21-19-12-10-8-6-2/h5-23H2,1-4H3. The van der Waals surface area contributed by atoms with Crippen molar-refractivity contribution in [3.05, 3.63) is 0 Å². The van der Waals surface area contributed by atoms with Gasteiger partial charge in [-0.05, 0) is 25.6 Å². The molecule has 0 aliphatic rings. The third-order valence-electron chi connectivity index (χ3n) is 5.37. The maximum absolute atomic E-state index is 6.28. The molecule has 0 N–H and O–H groups in total. The fourth-order valence-corrected chi connectivity index (χ4v) is 5.46. The molecule has 0 aromatic heterocycles. The zero-order valence-corrected chi connectivity index (χ0v) is 19.3. The molecule has 25 heavy (non-hydrogen) atoms. The molecule has 0 fully saturated rings. The van der Waals surface area contributed by atoms with Gasteiger partial charge in [-0.3, -0.25) is 0 Å². The highest BCUT2D eigenvalue weighted by Crippen LogP contribution is 2.18. The Balaban J connectivity index is 3.28.